The Labute approximate surface area is 138 Å². The van der Waals surface area contributed by atoms with Crippen molar-refractivity contribution >= 4 is 17.4 Å². The molecule has 1 saturated heterocycles. The fourth-order valence-corrected chi connectivity index (χ4v) is 2.69. The summed E-state index contributed by atoms with van der Waals surface area (Å²) in [6, 6.07) is 8.42. The lowest BCUT2D eigenvalue weighted by atomic mass is 10.2. The zero-order valence-electron chi connectivity index (χ0n) is 14.3. The van der Waals surface area contributed by atoms with Gasteiger partial charge < -0.3 is 20.3 Å². The van der Waals surface area contributed by atoms with Crippen LogP contribution in [0, 0.1) is 0 Å². The fraction of sp³-hybridized carbons (Fsp3) is 0.588. The smallest absolute Gasteiger partial charge is 0.319 e. The number of carbonyl (C=O) groups excluding carboxylic acids is 1. The van der Waals surface area contributed by atoms with E-state index >= 15 is 0 Å². The van der Waals surface area contributed by atoms with Crippen LogP contribution in [0.5, 0.6) is 0 Å². The molecular formula is C17H28N4O2. The third-order valence-electron chi connectivity index (χ3n) is 4.13. The first-order valence-corrected chi connectivity index (χ1v) is 8.23. The highest BCUT2D eigenvalue weighted by Gasteiger charge is 2.18. The molecule has 2 rings (SSSR count). The van der Waals surface area contributed by atoms with Crippen LogP contribution in [0.25, 0.3) is 0 Å². The molecule has 1 aromatic rings. The summed E-state index contributed by atoms with van der Waals surface area (Å²) in [4.78, 5) is 16.6. The molecule has 0 unspecified atom stereocenters. The van der Waals surface area contributed by atoms with Crippen molar-refractivity contribution in [2.75, 3.05) is 56.7 Å². The van der Waals surface area contributed by atoms with E-state index in [-0.39, 0.29) is 6.03 Å². The van der Waals surface area contributed by atoms with Crippen LogP contribution < -0.4 is 15.5 Å². The number of nitrogens with zero attached hydrogens (tertiary/aromatic N) is 2. The van der Waals surface area contributed by atoms with Crippen molar-refractivity contribution in [1.82, 2.24) is 10.2 Å². The van der Waals surface area contributed by atoms with E-state index in [0.29, 0.717) is 19.2 Å². The zero-order valence-corrected chi connectivity index (χ0v) is 14.3. The summed E-state index contributed by atoms with van der Waals surface area (Å²) in [5, 5.41) is 5.56. The molecule has 0 radical (unpaired) electrons. The van der Waals surface area contributed by atoms with Gasteiger partial charge >= 0.3 is 6.03 Å². The molecule has 0 aromatic heterocycles. The predicted octanol–water partition coefficient (Wildman–Crippen LogP) is 1.98. The van der Waals surface area contributed by atoms with Crippen molar-refractivity contribution in [3.05, 3.63) is 24.3 Å². The number of nitrogens with one attached hydrogen (secondary N) is 2. The van der Waals surface area contributed by atoms with Gasteiger partial charge in [0.25, 0.3) is 0 Å². The first-order chi connectivity index (χ1) is 11.1. The maximum Gasteiger partial charge on any atom is 0.319 e. The van der Waals surface area contributed by atoms with E-state index in [2.05, 4.69) is 46.4 Å². The number of anilines is 2. The summed E-state index contributed by atoms with van der Waals surface area (Å²) in [7, 11) is 1.61. The molecule has 1 aromatic carbocycles. The minimum Gasteiger partial charge on any atom is -0.383 e. The van der Waals surface area contributed by atoms with Gasteiger partial charge in [-0.2, -0.15) is 0 Å². The summed E-state index contributed by atoms with van der Waals surface area (Å²) in [6.07, 6.45) is 0. The topological polar surface area (TPSA) is 56.8 Å². The third kappa shape index (κ3) is 5.41. The van der Waals surface area contributed by atoms with Crippen molar-refractivity contribution in [3.63, 3.8) is 0 Å². The molecule has 6 heteroatoms. The summed E-state index contributed by atoms with van der Waals surface area (Å²) >= 11 is 0. The Morgan fingerprint density at radius 3 is 2.39 bits per heavy atom. The number of hydrogen-bond acceptors (Lipinski definition) is 4. The molecular weight excluding hydrogens is 292 g/mol. The quantitative estimate of drug-likeness (QED) is 0.787. The molecule has 1 heterocycles. The van der Waals surface area contributed by atoms with Crippen molar-refractivity contribution < 1.29 is 9.53 Å². The Bertz CT molecular complexity index is 482. The summed E-state index contributed by atoms with van der Waals surface area (Å²) in [6.45, 7) is 9.78. The number of benzene rings is 1. The minimum atomic E-state index is -0.208. The highest BCUT2D eigenvalue weighted by molar-refractivity contribution is 5.89. The number of carbonyl (C=O) groups is 1. The number of urea groups is 1. The lowest BCUT2D eigenvalue weighted by Crippen LogP contribution is -2.48. The van der Waals surface area contributed by atoms with Crippen molar-refractivity contribution in [3.8, 4) is 0 Å². The Morgan fingerprint density at radius 1 is 1.17 bits per heavy atom. The maximum atomic E-state index is 11.7. The van der Waals surface area contributed by atoms with E-state index < -0.39 is 0 Å². The molecule has 1 aliphatic heterocycles. The zero-order chi connectivity index (χ0) is 16.7. The normalized spacial score (nSPS) is 15.7. The average molecular weight is 320 g/mol. The molecule has 0 spiro atoms. The molecule has 0 bridgehead atoms. The average Bonchev–Trinajstić information content (AvgIpc) is 2.56. The highest BCUT2D eigenvalue weighted by atomic mass is 16.5. The summed E-state index contributed by atoms with van der Waals surface area (Å²) in [5.74, 6) is 0. The van der Waals surface area contributed by atoms with Gasteiger partial charge in [0, 0.05) is 57.3 Å². The lowest BCUT2D eigenvalue weighted by molar-refractivity contribution is 0.198. The van der Waals surface area contributed by atoms with Gasteiger partial charge in [-0.3, -0.25) is 4.90 Å². The molecule has 23 heavy (non-hydrogen) atoms. The largest absolute Gasteiger partial charge is 0.383 e. The molecule has 0 aliphatic carbocycles. The molecule has 128 valence electrons. The van der Waals surface area contributed by atoms with Crippen molar-refractivity contribution in [1.29, 1.82) is 0 Å². The first kappa shape index (κ1) is 17.6. The second-order valence-corrected chi connectivity index (χ2v) is 6.04. The minimum absolute atomic E-state index is 0.208. The highest BCUT2D eigenvalue weighted by Crippen LogP contribution is 2.20. The van der Waals surface area contributed by atoms with Crippen LogP contribution in [0.1, 0.15) is 13.8 Å². The standard InChI is InChI=1S/C17H28N4O2/c1-14(2)20-9-11-21(12-10-20)16-6-4-15(5-7-16)19-17(22)18-8-13-23-3/h4-7,14H,8-13H2,1-3H3,(H2,18,19,22). The van der Waals surface area contributed by atoms with Crippen LogP contribution in [0.2, 0.25) is 0 Å². The lowest BCUT2D eigenvalue weighted by Gasteiger charge is -2.38. The molecule has 0 atom stereocenters. The Hall–Kier alpha value is -1.79. The van der Waals surface area contributed by atoms with E-state index in [1.165, 1.54) is 5.69 Å². The summed E-state index contributed by atoms with van der Waals surface area (Å²) in [5.41, 5.74) is 2.00. The molecule has 1 aliphatic rings. The van der Waals surface area contributed by atoms with Crippen LogP contribution in [-0.4, -0.2) is 63.4 Å². The summed E-state index contributed by atoms with van der Waals surface area (Å²) < 4.78 is 4.90. The second kappa shape index (κ2) is 8.74. The van der Waals surface area contributed by atoms with Gasteiger partial charge in [-0.25, -0.2) is 4.79 Å². The maximum absolute atomic E-state index is 11.7. The number of methoxy groups -OCH3 is 1. The van der Waals surface area contributed by atoms with Crippen LogP contribution in [0.15, 0.2) is 24.3 Å². The van der Waals surface area contributed by atoms with Gasteiger partial charge in [-0.15, -0.1) is 0 Å². The van der Waals surface area contributed by atoms with E-state index in [0.717, 1.165) is 31.9 Å². The number of piperazine rings is 1. The number of hydrogen-bond donors (Lipinski definition) is 2. The van der Waals surface area contributed by atoms with E-state index in [9.17, 15) is 4.79 Å². The van der Waals surface area contributed by atoms with Gasteiger partial charge in [0.2, 0.25) is 0 Å². The first-order valence-electron chi connectivity index (χ1n) is 8.23. The number of rotatable bonds is 6. The van der Waals surface area contributed by atoms with Crippen molar-refractivity contribution in [2.45, 2.75) is 19.9 Å². The fourth-order valence-electron chi connectivity index (χ4n) is 2.69. The molecule has 0 saturated carbocycles. The SMILES string of the molecule is COCCNC(=O)Nc1ccc(N2CCN(C(C)C)CC2)cc1. The van der Waals surface area contributed by atoms with Crippen LogP contribution in [-0.2, 0) is 4.74 Å². The van der Waals surface area contributed by atoms with Gasteiger partial charge in [-0.05, 0) is 38.1 Å². The Morgan fingerprint density at radius 2 is 1.83 bits per heavy atom. The second-order valence-electron chi connectivity index (χ2n) is 6.04. The Balaban J connectivity index is 1.82. The van der Waals surface area contributed by atoms with E-state index in [4.69, 9.17) is 4.74 Å². The Kier molecular flexibility index (Phi) is 6.67. The third-order valence-corrected chi connectivity index (χ3v) is 4.13. The molecule has 6 nitrogen and oxygen atoms in total. The number of ether oxygens (including phenoxy) is 1. The van der Waals surface area contributed by atoms with E-state index in [1.807, 2.05) is 12.1 Å². The van der Waals surface area contributed by atoms with Crippen LogP contribution >= 0.6 is 0 Å². The van der Waals surface area contributed by atoms with Crippen LogP contribution in [0.4, 0.5) is 16.2 Å². The molecule has 1 fully saturated rings. The van der Waals surface area contributed by atoms with Gasteiger partial charge in [0.1, 0.15) is 0 Å². The monoisotopic (exact) mass is 320 g/mol. The van der Waals surface area contributed by atoms with E-state index in [1.54, 1.807) is 7.11 Å². The van der Waals surface area contributed by atoms with Gasteiger partial charge in [0.05, 0.1) is 6.61 Å². The molecule has 2 N–H and O–H groups in total. The van der Waals surface area contributed by atoms with Crippen LogP contribution in [0.3, 0.4) is 0 Å². The van der Waals surface area contributed by atoms with Crippen molar-refractivity contribution in [2.24, 2.45) is 0 Å². The van der Waals surface area contributed by atoms with Gasteiger partial charge in [-0.1, -0.05) is 0 Å². The molecule has 2 amide bonds. The number of amides is 2. The van der Waals surface area contributed by atoms with Gasteiger partial charge in [0.15, 0.2) is 0 Å². The predicted molar refractivity (Wildman–Crippen MR) is 94.3 cm³/mol.